The number of nitrogens with zero attached hydrogens (tertiary/aromatic N) is 2. The van der Waals surface area contributed by atoms with Crippen molar-refractivity contribution in [3.05, 3.63) is 41.1 Å². The summed E-state index contributed by atoms with van der Waals surface area (Å²) in [5, 5.41) is 11.3. The zero-order chi connectivity index (χ0) is 28.0. The molecule has 3 aliphatic rings. The van der Waals surface area contributed by atoms with Gasteiger partial charge in [-0.15, -0.1) is 0 Å². The van der Waals surface area contributed by atoms with Gasteiger partial charge in [-0.1, -0.05) is 39.8 Å². The molecule has 2 fully saturated rings. The zero-order valence-electron chi connectivity index (χ0n) is 23.5. The van der Waals surface area contributed by atoms with E-state index in [1.54, 1.807) is 0 Å². The predicted octanol–water partition coefficient (Wildman–Crippen LogP) is 3.38. The van der Waals surface area contributed by atoms with Gasteiger partial charge >= 0.3 is 6.09 Å². The van der Waals surface area contributed by atoms with Crippen molar-refractivity contribution in [3.8, 4) is 0 Å². The largest absolute Gasteiger partial charge is 0.453 e. The van der Waals surface area contributed by atoms with Crippen LogP contribution in [0.4, 0.5) is 10.5 Å². The van der Waals surface area contributed by atoms with Crippen molar-refractivity contribution in [1.82, 2.24) is 26.0 Å². The van der Waals surface area contributed by atoms with E-state index in [-0.39, 0.29) is 18.0 Å². The van der Waals surface area contributed by atoms with Crippen LogP contribution in [0.15, 0.2) is 30.0 Å². The number of fused-ring (bicyclic) bond motifs is 1. The van der Waals surface area contributed by atoms with E-state index in [9.17, 15) is 9.59 Å². The summed E-state index contributed by atoms with van der Waals surface area (Å²) in [7, 11) is 3.22. The van der Waals surface area contributed by atoms with E-state index in [1.807, 2.05) is 75.7 Å². The van der Waals surface area contributed by atoms with Gasteiger partial charge in [0.15, 0.2) is 0 Å². The molecule has 4 rings (SSSR count). The lowest BCUT2D eigenvalue weighted by Crippen LogP contribution is -2.57. The highest BCUT2D eigenvalue weighted by Crippen LogP contribution is 2.34. The molecule has 4 N–H and O–H groups in total. The third kappa shape index (κ3) is 8.84. The van der Waals surface area contributed by atoms with Crippen LogP contribution in [-0.4, -0.2) is 68.7 Å². The predicted molar refractivity (Wildman–Crippen MR) is 148 cm³/mol. The number of amides is 2. The number of anilines is 1. The molecule has 208 valence electrons. The number of hydrazine groups is 1. The zero-order valence-corrected chi connectivity index (χ0v) is 23.5. The van der Waals surface area contributed by atoms with Crippen LogP contribution in [0.3, 0.4) is 0 Å². The van der Waals surface area contributed by atoms with Crippen molar-refractivity contribution in [3.63, 3.8) is 0 Å². The van der Waals surface area contributed by atoms with Crippen LogP contribution in [0.2, 0.25) is 0 Å². The number of benzene rings is 1. The van der Waals surface area contributed by atoms with Crippen molar-refractivity contribution in [2.45, 2.75) is 66.1 Å². The number of carbonyl (C=O) groups is 3. The molecule has 1 aliphatic carbocycles. The molecular formula is C27H46N6O4. The van der Waals surface area contributed by atoms with Gasteiger partial charge in [-0.05, 0) is 62.5 Å². The van der Waals surface area contributed by atoms with Gasteiger partial charge in [0, 0.05) is 18.8 Å². The standard InChI is InChI=1S/C22H32N6O3.2C2H6.CH2O/c1-14-12-27(13-24-11-15-4-5-15)21(29)20-9-19(26-28(14)20)17-7-6-16(10-23-2)8-18(17)25-22(30)31-3;3*1-2/h6-9,14-15,19,23-24,26H,4-5,10-13H2,1-3H3,(H,25,30);2*1-2H3;1H2. The number of hydrogen-bond donors (Lipinski definition) is 4. The van der Waals surface area contributed by atoms with Crippen molar-refractivity contribution >= 4 is 24.5 Å². The molecule has 1 aromatic carbocycles. The fourth-order valence-corrected chi connectivity index (χ4v) is 4.16. The second-order valence-corrected chi connectivity index (χ2v) is 8.53. The lowest BCUT2D eigenvalue weighted by atomic mass is 10.0. The highest BCUT2D eigenvalue weighted by atomic mass is 16.5. The highest BCUT2D eigenvalue weighted by molar-refractivity contribution is 5.94. The molecule has 10 heteroatoms. The maximum Gasteiger partial charge on any atom is 0.411 e. The van der Waals surface area contributed by atoms with Crippen molar-refractivity contribution < 1.29 is 19.1 Å². The maximum atomic E-state index is 13.1. The van der Waals surface area contributed by atoms with E-state index < -0.39 is 6.09 Å². The number of rotatable bonds is 8. The maximum absolute atomic E-state index is 13.1. The summed E-state index contributed by atoms with van der Waals surface area (Å²) in [6.07, 6.45) is 4.00. The summed E-state index contributed by atoms with van der Waals surface area (Å²) < 4.78 is 4.79. The molecule has 1 saturated carbocycles. The van der Waals surface area contributed by atoms with Crippen LogP contribution >= 0.6 is 0 Å². The van der Waals surface area contributed by atoms with E-state index >= 15 is 0 Å². The first-order valence-corrected chi connectivity index (χ1v) is 13.2. The normalized spacial score (nSPS) is 19.6. The first-order chi connectivity index (χ1) is 18.0. The number of piperazine rings is 1. The summed E-state index contributed by atoms with van der Waals surface area (Å²) in [4.78, 5) is 34.9. The quantitative estimate of drug-likeness (QED) is 0.414. The number of carbonyl (C=O) groups excluding carboxylic acids is 3. The number of hydrogen-bond acceptors (Lipinski definition) is 8. The molecule has 2 aliphatic heterocycles. The average Bonchev–Trinajstić information content (AvgIpc) is 3.65. The lowest BCUT2D eigenvalue weighted by Gasteiger charge is -2.40. The molecule has 2 atom stereocenters. The van der Waals surface area contributed by atoms with Crippen LogP contribution < -0.4 is 21.4 Å². The fraction of sp³-hybridized carbons (Fsp3) is 0.593. The molecule has 0 radical (unpaired) electrons. The SMILES string of the molecule is C=O.CC.CC.CNCc1ccc(C2C=C3C(=O)N(CNCC4CC4)CC(C)N3N2)c(NC(=O)OC)c1. The average molecular weight is 519 g/mol. The minimum Gasteiger partial charge on any atom is -0.453 e. The van der Waals surface area contributed by atoms with E-state index in [1.165, 1.54) is 20.0 Å². The number of methoxy groups -OCH3 is 1. The first-order valence-electron chi connectivity index (χ1n) is 13.2. The Hall–Kier alpha value is -2.95. The van der Waals surface area contributed by atoms with Crippen molar-refractivity contribution in [2.75, 3.05) is 39.2 Å². The van der Waals surface area contributed by atoms with E-state index in [2.05, 4.69) is 28.3 Å². The smallest absolute Gasteiger partial charge is 0.411 e. The minimum atomic E-state index is -0.524. The third-order valence-electron chi connectivity index (χ3n) is 5.98. The summed E-state index contributed by atoms with van der Waals surface area (Å²) >= 11 is 0. The molecule has 2 amide bonds. The summed E-state index contributed by atoms with van der Waals surface area (Å²) in [5.74, 6) is 0.794. The van der Waals surface area contributed by atoms with Gasteiger partial charge in [-0.3, -0.25) is 20.4 Å². The Morgan fingerprint density at radius 3 is 2.46 bits per heavy atom. The molecule has 0 spiro atoms. The number of ether oxygens (including phenoxy) is 1. The Labute approximate surface area is 222 Å². The Morgan fingerprint density at radius 2 is 1.86 bits per heavy atom. The monoisotopic (exact) mass is 518 g/mol. The molecule has 0 aromatic heterocycles. The van der Waals surface area contributed by atoms with Gasteiger partial charge in [0.2, 0.25) is 0 Å². The van der Waals surface area contributed by atoms with Crippen molar-refractivity contribution in [1.29, 1.82) is 0 Å². The van der Waals surface area contributed by atoms with E-state index in [4.69, 9.17) is 9.53 Å². The molecule has 0 bridgehead atoms. The topological polar surface area (TPSA) is 115 Å². The third-order valence-corrected chi connectivity index (χ3v) is 5.98. The minimum absolute atomic E-state index is 0.0191. The van der Waals surface area contributed by atoms with Crippen LogP contribution in [0, 0.1) is 5.92 Å². The Morgan fingerprint density at radius 1 is 1.19 bits per heavy atom. The molecule has 10 nitrogen and oxygen atoms in total. The Kier molecular flexibility index (Phi) is 14.5. The summed E-state index contributed by atoms with van der Waals surface area (Å²) in [5.41, 5.74) is 6.68. The van der Waals surface area contributed by atoms with E-state index in [0.717, 1.165) is 23.6 Å². The first kappa shape index (κ1) is 32.1. The molecule has 1 saturated heterocycles. The van der Waals surface area contributed by atoms with E-state index in [0.29, 0.717) is 31.1 Å². The van der Waals surface area contributed by atoms with Crippen LogP contribution in [-0.2, 0) is 20.9 Å². The Bertz CT molecular complexity index is 890. The van der Waals surface area contributed by atoms with Gasteiger partial charge in [-0.2, -0.15) is 0 Å². The second-order valence-electron chi connectivity index (χ2n) is 8.53. The fourth-order valence-electron chi connectivity index (χ4n) is 4.16. The molecule has 2 heterocycles. The van der Waals surface area contributed by atoms with Gasteiger partial charge in [0.25, 0.3) is 5.91 Å². The molecule has 2 unspecified atom stereocenters. The van der Waals surface area contributed by atoms with Gasteiger partial charge in [0.1, 0.15) is 12.5 Å². The van der Waals surface area contributed by atoms with Crippen LogP contribution in [0.5, 0.6) is 0 Å². The highest BCUT2D eigenvalue weighted by Gasteiger charge is 2.39. The summed E-state index contributed by atoms with van der Waals surface area (Å²) in [6, 6.07) is 5.84. The Balaban J connectivity index is 0.00000106. The van der Waals surface area contributed by atoms with Crippen molar-refractivity contribution in [2.24, 2.45) is 5.92 Å². The van der Waals surface area contributed by atoms with Gasteiger partial charge in [-0.25, -0.2) is 10.2 Å². The number of nitrogens with one attached hydrogen (secondary N) is 4. The van der Waals surface area contributed by atoms with Gasteiger partial charge < -0.3 is 19.7 Å². The van der Waals surface area contributed by atoms with Gasteiger partial charge in [0.05, 0.1) is 25.9 Å². The molecule has 37 heavy (non-hydrogen) atoms. The van der Waals surface area contributed by atoms with Crippen LogP contribution in [0.25, 0.3) is 0 Å². The molecule has 1 aromatic rings. The second kappa shape index (κ2) is 16.7. The van der Waals surface area contributed by atoms with Crippen LogP contribution in [0.1, 0.15) is 64.6 Å². The summed E-state index contributed by atoms with van der Waals surface area (Å²) in [6.45, 7) is 15.0. The lowest BCUT2D eigenvalue weighted by molar-refractivity contribution is -0.134. The molecular weight excluding hydrogens is 472 g/mol.